The van der Waals surface area contributed by atoms with Gasteiger partial charge in [0.05, 0.1) is 0 Å². The molecule has 0 spiro atoms. The highest BCUT2D eigenvalue weighted by Crippen LogP contribution is 2.32. The van der Waals surface area contributed by atoms with Gasteiger partial charge in [-0.1, -0.05) is 32.0 Å². The van der Waals surface area contributed by atoms with E-state index in [4.69, 9.17) is 0 Å². The van der Waals surface area contributed by atoms with Crippen molar-refractivity contribution in [3.8, 4) is 0 Å². The van der Waals surface area contributed by atoms with Crippen LogP contribution >= 0.6 is 0 Å². The number of benzene rings is 1. The molecule has 2 amide bonds. The number of anilines is 1. The topological polar surface area (TPSA) is 52.7 Å². The first kappa shape index (κ1) is 16.5. The molecule has 120 valence electrons. The lowest BCUT2D eigenvalue weighted by atomic mass is 10.1. The number of nitrogens with one attached hydrogen (secondary N) is 1. The molecule has 1 aliphatic rings. The van der Waals surface area contributed by atoms with Gasteiger partial charge in [0.15, 0.2) is 0 Å². The zero-order valence-electron chi connectivity index (χ0n) is 13.6. The zero-order chi connectivity index (χ0) is 16.1. The van der Waals surface area contributed by atoms with Crippen molar-refractivity contribution >= 4 is 17.5 Å². The Labute approximate surface area is 132 Å². The molecule has 0 aliphatic carbocycles. The van der Waals surface area contributed by atoms with Crippen LogP contribution in [0.25, 0.3) is 0 Å². The molecule has 1 atom stereocenters. The molecule has 0 saturated heterocycles. The van der Waals surface area contributed by atoms with Crippen LogP contribution in [-0.2, 0) is 16.0 Å². The standard InChI is InChI=1S/C17H25N3O2/c1-4-19(5-2)11-10-18-17(22)16-12-14-8-6-7-9-15(14)20(16)13(3)21/h6-9,16H,4-5,10-12H2,1-3H3,(H,18,22)/t16-/m0/s1. The van der Waals surface area contributed by atoms with Gasteiger partial charge in [-0.25, -0.2) is 0 Å². The minimum absolute atomic E-state index is 0.0708. The normalized spacial score (nSPS) is 16.7. The van der Waals surface area contributed by atoms with Gasteiger partial charge in [-0.15, -0.1) is 0 Å². The zero-order valence-corrected chi connectivity index (χ0v) is 13.6. The number of hydrogen-bond acceptors (Lipinski definition) is 3. The number of carbonyl (C=O) groups excluding carboxylic acids is 2. The lowest BCUT2D eigenvalue weighted by Crippen LogP contribution is -2.48. The number of hydrogen-bond donors (Lipinski definition) is 1. The Morgan fingerprint density at radius 1 is 1.27 bits per heavy atom. The third-order valence-corrected chi connectivity index (χ3v) is 4.24. The fourth-order valence-electron chi connectivity index (χ4n) is 2.98. The maximum Gasteiger partial charge on any atom is 0.243 e. The molecule has 22 heavy (non-hydrogen) atoms. The van der Waals surface area contributed by atoms with Gasteiger partial charge >= 0.3 is 0 Å². The summed E-state index contributed by atoms with van der Waals surface area (Å²) in [6, 6.07) is 7.30. The third-order valence-electron chi connectivity index (χ3n) is 4.24. The Hall–Kier alpha value is -1.88. The van der Waals surface area contributed by atoms with Crippen LogP contribution in [0.15, 0.2) is 24.3 Å². The Morgan fingerprint density at radius 3 is 2.59 bits per heavy atom. The van der Waals surface area contributed by atoms with Crippen LogP contribution in [0.3, 0.4) is 0 Å². The van der Waals surface area contributed by atoms with Crippen LogP contribution in [0, 0.1) is 0 Å². The number of carbonyl (C=O) groups is 2. The summed E-state index contributed by atoms with van der Waals surface area (Å²) in [5.41, 5.74) is 1.92. The molecule has 0 unspecified atom stereocenters. The molecular weight excluding hydrogens is 278 g/mol. The van der Waals surface area contributed by atoms with E-state index in [1.165, 1.54) is 6.92 Å². The molecule has 1 heterocycles. The highest BCUT2D eigenvalue weighted by molar-refractivity contribution is 6.02. The van der Waals surface area contributed by atoms with Gasteiger partial charge in [-0.3, -0.25) is 14.5 Å². The second kappa shape index (κ2) is 7.40. The van der Waals surface area contributed by atoms with Crippen LogP contribution in [0.4, 0.5) is 5.69 Å². The smallest absolute Gasteiger partial charge is 0.243 e. The van der Waals surface area contributed by atoms with E-state index >= 15 is 0 Å². The third kappa shape index (κ3) is 3.47. The van der Waals surface area contributed by atoms with Crippen molar-refractivity contribution in [1.82, 2.24) is 10.2 Å². The largest absolute Gasteiger partial charge is 0.353 e. The minimum atomic E-state index is -0.424. The molecule has 5 heteroatoms. The van der Waals surface area contributed by atoms with E-state index < -0.39 is 6.04 Å². The molecule has 0 radical (unpaired) electrons. The molecule has 5 nitrogen and oxygen atoms in total. The van der Waals surface area contributed by atoms with Crippen LogP contribution in [-0.4, -0.2) is 48.9 Å². The first-order valence-electron chi connectivity index (χ1n) is 7.96. The Morgan fingerprint density at radius 2 is 1.95 bits per heavy atom. The predicted molar refractivity (Wildman–Crippen MR) is 87.9 cm³/mol. The summed E-state index contributed by atoms with van der Waals surface area (Å²) in [7, 11) is 0. The first-order chi connectivity index (χ1) is 10.6. The highest BCUT2D eigenvalue weighted by Gasteiger charge is 2.36. The van der Waals surface area contributed by atoms with Crippen molar-refractivity contribution < 1.29 is 9.59 Å². The fraction of sp³-hybridized carbons (Fsp3) is 0.529. The van der Waals surface area contributed by atoms with Crippen molar-refractivity contribution in [3.63, 3.8) is 0 Å². The summed E-state index contributed by atoms with van der Waals surface area (Å²) in [6.07, 6.45) is 0.590. The number of nitrogens with zero attached hydrogens (tertiary/aromatic N) is 2. The Balaban J connectivity index is 2.00. The number of likely N-dealkylation sites (N-methyl/N-ethyl adjacent to an activating group) is 1. The number of fused-ring (bicyclic) bond motifs is 1. The highest BCUT2D eigenvalue weighted by atomic mass is 16.2. The molecule has 1 aliphatic heterocycles. The summed E-state index contributed by atoms with van der Waals surface area (Å²) in [6.45, 7) is 9.12. The molecule has 0 fully saturated rings. The van der Waals surface area contributed by atoms with Crippen molar-refractivity contribution in [2.45, 2.75) is 33.2 Å². The van der Waals surface area contributed by atoms with E-state index in [1.54, 1.807) is 4.90 Å². The van der Waals surface area contributed by atoms with Gasteiger partial charge in [0.2, 0.25) is 11.8 Å². The molecule has 0 bridgehead atoms. The maximum atomic E-state index is 12.5. The van der Waals surface area contributed by atoms with Gasteiger partial charge < -0.3 is 10.2 Å². The van der Waals surface area contributed by atoms with Gasteiger partial charge in [-0.05, 0) is 24.7 Å². The molecule has 0 aromatic heterocycles. The fourth-order valence-corrected chi connectivity index (χ4v) is 2.98. The number of rotatable bonds is 6. The van der Waals surface area contributed by atoms with Crippen LogP contribution in [0.5, 0.6) is 0 Å². The van der Waals surface area contributed by atoms with Gasteiger partial charge in [0.1, 0.15) is 6.04 Å². The summed E-state index contributed by atoms with van der Waals surface area (Å²) in [5, 5.41) is 2.97. The minimum Gasteiger partial charge on any atom is -0.353 e. The van der Waals surface area contributed by atoms with E-state index in [-0.39, 0.29) is 11.8 Å². The van der Waals surface area contributed by atoms with Crippen molar-refractivity contribution in [1.29, 1.82) is 0 Å². The monoisotopic (exact) mass is 303 g/mol. The number of amides is 2. The molecule has 1 N–H and O–H groups in total. The second-order valence-electron chi connectivity index (χ2n) is 5.56. The molecular formula is C17H25N3O2. The number of para-hydroxylation sites is 1. The van der Waals surface area contributed by atoms with Crippen LogP contribution in [0.2, 0.25) is 0 Å². The van der Waals surface area contributed by atoms with Crippen molar-refractivity contribution in [2.24, 2.45) is 0 Å². The molecule has 1 aromatic carbocycles. The average Bonchev–Trinajstić information content (AvgIpc) is 2.91. The Kier molecular flexibility index (Phi) is 5.55. The summed E-state index contributed by atoms with van der Waals surface area (Å²) in [5.74, 6) is -0.160. The van der Waals surface area contributed by atoms with E-state index in [2.05, 4.69) is 24.1 Å². The van der Waals surface area contributed by atoms with Crippen molar-refractivity contribution in [3.05, 3.63) is 29.8 Å². The lowest BCUT2D eigenvalue weighted by Gasteiger charge is -2.24. The Bertz CT molecular complexity index is 540. The summed E-state index contributed by atoms with van der Waals surface area (Å²) in [4.78, 5) is 28.3. The average molecular weight is 303 g/mol. The van der Waals surface area contributed by atoms with Crippen molar-refractivity contribution in [2.75, 3.05) is 31.1 Å². The first-order valence-corrected chi connectivity index (χ1v) is 7.96. The van der Waals surface area contributed by atoms with Gasteiger partial charge in [0.25, 0.3) is 0 Å². The van der Waals surface area contributed by atoms with Gasteiger partial charge in [0, 0.05) is 32.1 Å². The molecule has 2 rings (SSSR count). The van der Waals surface area contributed by atoms with Gasteiger partial charge in [-0.2, -0.15) is 0 Å². The summed E-state index contributed by atoms with van der Waals surface area (Å²) >= 11 is 0. The van der Waals surface area contributed by atoms with Crippen LogP contribution < -0.4 is 10.2 Å². The van der Waals surface area contributed by atoms with Crippen LogP contribution in [0.1, 0.15) is 26.3 Å². The summed E-state index contributed by atoms with van der Waals surface area (Å²) < 4.78 is 0. The predicted octanol–water partition coefficient (Wildman–Crippen LogP) is 1.42. The molecule has 1 aromatic rings. The van der Waals surface area contributed by atoms with E-state index in [9.17, 15) is 9.59 Å². The molecule has 0 saturated carbocycles. The quantitative estimate of drug-likeness (QED) is 0.865. The maximum absolute atomic E-state index is 12.5. The second-order valence-corrected chi connectivity index (χ2v) is 5.56. The SMILES string of the molecule is CCN(CC)CCNC(=O)[C@@H]1Cc2ccccc2N1C(C)=O. The van der Waals surface area contributed by atoms with E-state index in [0.717, 1.165) is 30.9 Å². The van der Waals surface area contributed by atoms with E-state index in [1.807, 2.05) is 24.3 Å². The van der Waals surface area contributed by atoms with E-state index in [0.29, 0.717) is 13.0 Å². The lowest BCUT2D eigenvalue weighted by molar-refractivity contribution is -0.125.